The SMILES string of the molecule is Cn1cc(-c2cnc3c(-c4csc(C(=O)CCC5CCCC[C@H]5O)c4)cnn3c2)cn1. The first-order chi connectivity index (χ1) is 15.1. The van der Waals surface area contributed by atoms with E-state index in [4.69, 9.17) is 0 Å². The number of hydrogen-bond acceptors (Lipinski definition) is 6. The van der Waals surface area contributed by atoms with Crippen LogP contribution in [0.4, 0.5) is 0 Å². The van der Waals surface area contributed by atoms with E-state index in [1.54, 1.807) is 21.6 Å². The Morgan fingerprint density at radius 1 is 1.13 bits per heavy atom. The van der Waals surface area contributed by atoms with Crippen LogP contribution in [0.15, 0.2) is 42.4 Å². The first kappa shape index (κ1) is 20.1. The van der Waals surface area contributed by atoms with E-state index >= 15 is 0 Å². The quantitative estimate of drug-likeness (QED) is 0.455. The Balaban J connectivity index is 1.32. The molecule has 1 saturated carbocycles. The molecule has 1 aliphatic carbocycles. The Hall–Kier alpha value is -2.84. The van der Waals surface area contributed by atoms with Gasteiger partial charge in [-0.2, -0.15) is 10.2 Å². The summed E-state index contributed by atoms with van der Waals surface area (Å²) in [4.78, 5) is 18.1. The van der Waals surface area contributed by atoms with Gasteiger partial charge in [-0.15, -0.1) is 11.3 Å². The fourth-order valence-electron chi connectivity index (χ4n) is 4.39. The van der Waals surface area contributed by atoms with E-state index in [-0.39, 0.29) is 17.8 Å². The Kier molecular flexibility index (Phi) is 5.41. The zero-order chi connectivity index (χ0) is 21.4. The molecule has 160 valence electrons. The van der Waals surface area contributed by atoms with Crippen molar-refractivity contribution >= 4 is 22.8 Å². The van der Waals surface area contributed by atoms with Crippen molar-refractivity contribution < 1.29 is 9.90 Å². The highest BCUT2D eigenvalue weighted by molar-refractivity contribution is 7.12. The fourth-order valence-corrected chi connectivity index (χ4v) is 5.26. The van der Waals surface area contributed by atoms with E-state index in [0.717, 1.165) is 64.9 Å². The van der Waals surface area contributed by atoms with Crippen LogP contribution in [-0.2, 0) is 7.05 Å². The molecule has 8 heteroatoms. The monoisotopic (exact) mass is 435 g/mol. The number of carbonyl (C=O) groups excluding carboxylic acids is 1. The number of aryl methyl sites for hydroxylation is 1. The molecule has 4 heterocycles. The van der Waals surface area contributed by atoms with Gasteiger partial charge in [-0.1, -0.05) is 12.8 Å². The minimum Gasteiger partial charge on any atom is -0.393 e. The molecule has 1 N–H and O–H groups in total. The summed E-state index contributed by atoms with van der Waals surface area (Å²) < 4.78 is 3.52. The number of ketones is 1. The largest absolute Gasteiger partial charge is 0.393 e. The molecule has 1 unspecified atom stereocenters. The van der Waals surface area contributed by atoms with Crippen LogP contribution in [0.2, 0.25) is 0 Å². The molecule has 7 nitrogen and oxygen atoms in total. The zero-order valence-corrected chi connectivity index (χ0v) is 18.3. The highest BCUT2D eigenvalue weighted by atomic mass is 32.1. The number of hydrogen-bond donors (Lipinski definition) is 1. The number of thiophene rings is 1. The molecule has 0 bridgehead atoms. The normalized spacial score (nSPS) is 19.2. The number of carbonyl (C=O) groups is 1. The lowest BCUT2D eigenvalue weighted by Gasteiger charge is -2.27. The standard InChI is InChI=1S/C23H25N5O2S/c1-27-12-18(10-25-27)17-9-24-23-19(11-26-28(23)13-17)16-8-22(31-14-16)21(30)7-6-15-4-2-3-5-20(15)29/h8-15,20,29H,2-7H2,1H3/t15?,20-/m1/s1. The molecule has 4 aromatic heterocycles. The van der Waals surface area contributed by atoms with Crippen LogP contribution < -0.4 is 0 Å². The van der Waals surface area contributed by atoms with E-state index in [9.17, 15) is 9.90 Å². The van der Waals surface area contributed by atoms with Gasteiger partial charge in [0.1, 0.15) is 0 Å². The molecule has 5 rings (SSSR count). The third kappa shape index (κ3) is 4.05. The predicted octanol–water partition coefficient (Wildman–Crippen LogP) is 4.37. The van der Waals surface area contributed by atoms with Crippen LogP contribution in [-0.4, -0.2) is 41.4 Å². The van der Waals surface area contributed by atoms with Crippen LogP contribution in [0.5, 0.6) is 0 Å². The summed E-state index contributed by atoms with van der Waals surface area (Å²) in [5.41, 5.74) is 4.56. The first-order valence-electron chi connectivity index (χ1n) is 10.7. The number of Topliss-reactive ketones (excluding diaryl/α,β-unsaturated/α-hetero) is 1. The van der Waals surface area contributed by atoms with Gasteiger partial charge in [-0.3, -0.25) is 9.48 Å². The molecule has 0 radical (unpaired) electrons. The molecule has 1 fully saturated rings. The average molecular weight is 436 g/mol. The first-order valence-corrected chi connectivity index (χ1v) is 11.6. The summed E-state index contributed by atoms with van der Waals surface area (Å²) in [5, 5.41) is 20.8. The molecule has 4 aromatic rings. The highest BCUT2D eigenvalue weighted by Gasteiger charge is 2.24. The maximum Gasteiger partial charge on any atom is 0.172 e. The summed E-state index contributed by atoms with van der Waals surface area (Å²) >= 11 is 1.47. The van der Waals surface area contributed by atoms with Gasteiger partial charge in [0, 0.05) is 48.7 Å². The molecule has 0 saturated heterocycles. The lowest BCUT2D eigenvalue weighted by molar-refractivity contribution is 0.0624. The van der Waals surface area contributed by atoms with Crippen LogP contribution in [0, 0.1) is 5.92 Å². The Morgan fingerprint density at radius 2 is 1.97 bits per heavy atom. The maximum absolute atomic E-state index is 12.7. The Morgan fingerprint density at radius 3 is 2.77 bits per heavy atom. The molecular formula is C23H25N5O2S. The average Bonchev–Trinajstić information content (AvgIpc) is 3.51. The number of fused-ring (bicyclic) bond motifs is 1. The molecule has 2 atom stereocenters. The predicted molar refractivity (Wildman–Crippen MR) is 120 cm³/mol. The van der Waals surface area contributed by atoms with E-state index in [0.29, 0.717) is 6.42 Å². The number of aliphatic hydroxyl groups excluding tert-OH is 1. The number of nitrogens with zero attached hydrogens (tertiary/aromatic N) is 5. The summed E-state index contributed by atoms with van der Waals surface area (Å²) in [6.07, 6.45) is 14.5. The minimum absolute atomic E-state index is 0.150. The third-order valence-corrected chi connectivity index (χ3v) is 7.16. The van der Waals surface area contributed by atoms with Crippen LogP contribution in [0.3, 0.4) is 0 Å². The second-order valence-corrected chi connectivity index (χ2v) is 9.26. The van der Waals surface area contributed by atoms with Gasteiger partial charge in [-0.25, -0.2) is 9.50 Å². The molecule has 1 aliphatic rings. The third-order valence-electron chi connectivity index (χ3n) is 6.19. The molecular weight excluding hydrogens is 410 g/mol. The second kappa shape index (κ2) is 8.36. The summed E-state index contributed by atoms with van der Waals surface area (Å²) in [7, 11) is 1.88. The van der Waals surface area contributed by atoms with Gasteiger partial charge in [0.15, 0.2) is 11.4 Å². The van der Waals surface area contributed by atoms with Gasteiger partial charge in [0.2, 0.25) is 0 Å². The lowest BCUT2D eigenvalue weighted by Crippen LogP contribution is -2.24. The fraction of sp³-hybridized carbons (Fsp3) is 0.391. The number of rotatable bonds is 6. The Labute approximate surface area is 184 Å². The van der Waals surface area contributed by atoms with Gasteiger partial charge >= 0.3 is 0 Å². The van der Waals surface area contributed by atoms with E-state index in [1.807, 2.05) is 37.1 Å². The van der Waals surface area contributed by atoms with E-state index in [2.05, 4.69) is 15.2 Å². The summed E-state index contributed by atoms with van der Waals surface area (Å²) in [6, 6.07) is 1.94. The molecule has 0 aliphatic heterocycles. The van der Waals surface area contributed by atoms with Gasteiger partial charge in [0.05, 0.1) is 23.4 Å². The summed E-state index contributed by atoms with van der Waals surface area (Å²) in [5.74, 6) is 0.410. The van der Waals surface area contributed by atoms with Gasteiger partial charge in [-0.05, 0) is 42.2 Å². The molecule has 0 aromatic carbocycles. The smallest absolute Gasteiger partial charge is 0.172 e. The maximum atomic E-state index is 12.7. The van der Waals surface area contributed by atoms with Crippen LogP contribution in [0.25, 0.3) is 27.9 Å². The van der Waals surface area contributed by atoms with Crippen molar-refractivity contribution in [3.63, 3.8) is 0 Å². The van der Waals surface area contributed by atoms with Crippen molar-refractivity contribution in [2.45, 2.75) is 44.6 Å². The summed E-state index contributed by atoms with van der Waals surface area (Å²) in [6.45, 7) is 0. The number of aromatic nitrogens is 5. The zero-order valence-electron chi connectivity index (χ0n) is 17.4. The van der Waals surface area contributed by atoms with Crippen molar-refractivity contribution in [1.82, 2.24) is 24.4 Å². The van der Waals surface area contributed by atoms with Gasteiger partial charge < -0.3 is 5.11 Å². The van der Waals surface area contributed by atoms with Crippen molar-refractivity contribution in [2.24, 2.45) is 13.0 Å². The van der Waals surface area contributed by atoms with Crippen molar-refractivity contribution in [3.8, 4) is 22.3 Å². The van der Waals surface area contributed by atoms with Crippen molar-refractivity contribution in [2.75, 3.05) is 0 Å². The Bertz CT molecular complexity index is 1220. The molecule has 31 heavy (non-hydrogen) atoms. The molecule has 0 amide bonds. The van der Waals surface area contributed by atoms with Crippen molar-refractivity contribution in [3.05, 3.63) is 47.3 Å². The van der Waals surface area contributed by atoms with Gasteiger partial charge in [0.25, 0.3) is 0 Å². The van der Waals surface area contributed by atoms with Crippen LogP contribution in [0.1, 0.15) is 48.2 Å². The van der Waals surface area contributed by atoms with Crippen LogP contribution >= 0.6 is 11.3 Å². The number of aliphatic hydroxyl groups is 1. The lowest BCUT2D eigenvalue weighted by atomic mass is 9.83. The highest BCUT2D eigenvalue weighted by Crippen LogP contribution is 2.32. The second-order valence-electron chi connectivity index (χ2n) is 8.35. The van der Waals surface area contributed by atoms with E-state index < -0.39 is 0 Å². The van der Waals surface area contributed by atoms with Crippen molar-refractivity contribution in [1.29, 1.82) is 0 Å². The molecule has 0 spiro atoms. The van der Waals surface area contributed by atoms with E-state index in [1.165, 1.54) is 11.3 Å². The minimum atomic E-state index is -0.248. The topological polar surface area (TPSA) is 85.3 Å².